The van der Waals surface area contributed by atoms with Crippen molar-refractivity contribution in [3.8, 4) is 11.5 Å². The van der Waals surface area contributed by atoms with Crippen LogP contribution in [0.25, 0.3) is 0 Å². The highest BCUT2D eigenvalue weighted by Gasteiger charge is 2.23. The average molecular weight is 304 g/mol. The minimum atomic E-state index is -1.02. The van der Waals surface area contributed by atoms with Crippen molar-refractivity contribution in [3.63, 3.8) is 0 Å². The molecule has 0 spiro atoms. The number of benzene rings is 2. The third kappa shape index (κ3) is 3.36. The van der Waals surface area contributed by atoms with Gasteiger partial charge in [0.2, 0.25) is 0 Å². The topological polar surface area (TPSA) is 55.8 Å². The fourth-order valence-electron chi connectivity index (χ4n) is 2.30. The Labute approximate surface area is 128 Å². The molecule has 1 N–H and O–H groups in total. The normalized spacial score (nSPS) is 11.8. The predicted molar refractivity (Wildman–Crippen MR) is 80.0 cm³/mol. The van der Waals surface area contributed by atoms with Crippen molar-refractivity contribution in [3.05, 3.63) is 59.4 Å². The summed E-state index contributed by atoms with van der Waals surface area (Å²) in [4.78, 5) is 11.6. The largest absolute Gasteiger partial charge is 0.493 e. The van der Waals surface area contributed by atoms with Crippen molar-refractivity contribution in [2.45, 2.75) is 12.3 Å². The van der Waals surface area contributed by atoms with E-state index >= 15 is 0 Å². The van der Waals surface area contributed by atoms with Gasteiger partial charge in [-0.05, 0) is 35.7 Å². The fourth-order valence-corrected chi connectivity index (χ4v) is 2.30. The predicted octanol–water partition coefficient (Wildman–Crippen LogP) is 3.25. The molecule has 2 aromatic carbocycles. The second-order valence-electron chi connectivity index (χ2n) is 4.80. The number of rotatable bonds is 6. The van der Waals surface area contributed by atoms with Crippen LogP contribution in [0.1, 0.15) is 17.0 Å². The number of carboxylic acids is 1. The molecular weight excluding hydrogens is 287 g/mol. The summed E-state index contributed by atoms with van der Waals surface area (Å²) in [5.74, 6) is -1.33. The van der Waals surface area contributed by atoms with Crippen LogP contribution in [0.15, 0.2) is 42.5 Å². The van der Waals surface area contributed by atoms with E-state index in [2.05, 4.69) is 0 Å². The molecule has 0 aliphatic rings. The van der Waals surface area contributed by atoms with E-state index in [-0.39, 0.29) is 6.42 Å². The van der Waals surface area contributed by atoms with Crippen LogP contribution in [-0.2, 0) is 11.2 Å². The van der Waals surface area contributed by atoms with Gasteiger partial charge in [0.05, 0.1) is 20.1 Å². The fraction of sp³-hybridized carbons (Fsp3) is 0.235. The van der Waals surface area contributed by atoms with Crippen LogP contribution in [0, 0.1) is 5.82 Å². The zero-order valence-corrected chi connectivity index (χ0v) is 12.4. The molecular formula is C17H17FO4. The molecule has 0 aliphatic heterocycles. The highest BCUT2D eigenvalue weighted by Crippen LogP contribution is 2.32. The van der Waals surface area contributed by atoms with E-state index in [1.54, 1.807) is 36.4 Å². The summed E-state index contributed by atoms with van der Waals surface area (Å²) in [6, 6.07) is 11.1. The van der Waals surface area contributed by atoms with Crippen LogP contribution in [0.3, 0.4) is 0 Å². The van der Waals surface area contributed by atoms with Gasteiger partial charge in [0.1, 0.15) is 5.82 Å². The summed E-state index contributed by atoms with van der Waals surface area (Å²) in [5.41, 5.74) is 0.901. The number of hydrogen-bond donors (Lipinski definition) is 1. The van der Waals surface area contributed by atoms with Crippen LogP contribution in [0.5, 0.6) is 11.5 Å². The summed E-state index contributed by atoms with van der Waals surface area (Å²) in [6.07, 6.45) is 0.0670. The molecule has 0 aliphatic carbocycles. The van der Waals surface area contributed by atoms with Crippen molar-refractivity contribution >= 4 is 5.97 Å². The Kier molecular flexibility index (Phi) is 4.99. The number of carboxylic acid groups (broad SMARTS) is 1. The molecule has 1 unspecified atom stereocenters. The van der Waals surface area contributed by atoms with E-state index in [1.807, 2.05) is 0 Å². The van der Waals surface area contributed by atoms with E-state index in [4.69, 9.17) is 9.47 Å². The van der Waals surface area contributed by atoms with Crippen LogP contribution in [0.4, 0.5) is 4.39 Å². The van der Waals surface area contributed by atoms with Crippen molar-refractivity contribution in [1.29, 1.82) is 0 Å². The van der Waals surface area contributed by atoms with Gasteiger partial charge in [-0.25, -0.2) is 4.39 Å². The van der Waals surface area contributed by atoms with E-state index < -0.39 is 17.7 Å². The number of aliphatic carboxylic acids is 1. The Hall–Kier alpha value is -2.56. The van der Waals surface area contributed by atoms with Crippen molar-refractivity contribution < 1.29 is 23.8 Å². The minimum Gasteiger partial charge on any atom is -0.493 e. The monoisotopic (exact) mass is 304 g/mol. The first kappa shape index (κ1) is 15.8. The van der Waals surface area contributed by atoms with Gasteiger partial charge in [-0.1, -0.05) is 24.3 Å². The SMILES string of the molecule is COc1ccc(C(Cc2ccccc2F)C(=O)O)cc1OC. The smallest absolute Gasteiger partial charge is 0.311 e. The first-order valence-electron chi connectivity index (χ1n) is 6.75. The molecule has 1 atom stereocenters. The Bertz CT molecular complexity index is 669. The van der Waals surface area contributed by atoms with Crippen LogP contribution < -0.4 is 9.47 Å². The maximum absolute atomic E-state index is 13.8. The van der Waals surface area contributed by atoms with Crippen molar-refractivity contribution in [2.24, 2.45) is 0 Å². The molecule has 0 fully saturated rings. The zero-order chi connectivity index (χ0) is 16.1. The lowest BCUT2D eigenvalue weighted by Crippen LogP contribution is -2.15. The Morgan fingerprint density at radius 1 is 1.14 bits per heavy atom. The molecule has 0 aromatic heterocycles. The van der Waals surface area contributed by atoms with E-state index in [1.165, 1.54) is 20.3 Å². The highest BCUT2D eigenvalue weighted by atomic mass is 19.1. The average Bonchev–Trinajstić information content (AvgIpc) is 2.53. The lowest BCUT2D eigenvalue weighted by atomic mass is 9.91. The molecule has 5 heteroatoms. The first-order valence-corrected chi connectivity index (χ1v) is 6.75. The van der Waals surface area contributed by atoms with Gasteiger partial charge >= 0.3 is 5.97 Å². The number of carbonyl (C=O) groups is 1. The summed E-state index contributed by atoms with van der Waals surface area (Å²) in [6.45, 7) is 0. The summed E-state index contributed by atoms with van der Waals surface area (Å²) in [7, 11) is 2.99. The van der Waals surface area contributed by atoms with Crippen LogP contribution in [-0.4, -0.2) is 25.3 Å². The summed E-state index contributed by atoms with van der Waals surface area (Å²) >= 11 is 0. The van der Waals surface area contributed by atoms with Gasteiger partial charge in [0, 0.05) is 0 Å². The Morgan fingerprint density at radius 2 is 1.82 bits per heavy atom. The van der Waals surface area contributed by atoms with Gasteiger partial charge in [0.25, 0.3) is 0 Å². The van der Waals surface area contributed by atoms with E-state index in [9.17, 15) is 14.3 Å². The third-order valence-electron chi connectivity index (χ3n) is 3.49. The second kappa shape index (κ2) is 6.93. The minimum absolute atomic E-state index is 0.0670. The van der Waals surface area contributed by atoms with Gasteiger partial charge in [-0.2, -0.15) is 0 Å². The maximum Gasteiger partial charge on any atom is 0.311 e. The Morgan fingerprint density at radius 3 is 2.41 bits per heavy atom. The van der Waals surface area contributed by atoms with Gasteiger partial charge < -0.3 is 14.6 Å². The number of halogens is 1. The number of hydrogen-bond acceptors (Lipinski definition) is 3. The van der Waals surface area contributed by atoms with E-state index in [0.29, 0.717) is 22.6 Å². The van der Waals surface area contributed by atoms with E-state index in [0.717, 1.165) is 0 Å². The zero-order valence-electron chi connectivity index (χ0n) is 12.4. The third-order valence-corrected chi connectivity index (χ3v) is 3.49. The van der Waals surface area contributed by atoms with Crippen LogP contribution >= 0.6 is 0 Å². The molecule has 0 amide bonds. The molecule has 0 saturated heterocycles. The maximum atomic E-state index is 13.8. The highest BCUT2D eigenvalue weighted by molar-refractivity contribution is 5.77. The summed E-state index contributed by atoms with van der Waals surface area (Å²) < 4.78 is 24.1. The molecule has 116 valence electrons. The van der Waals surface area contributed by atoms with Crippen molar-refractivity contribution in [1.82, 2.24) is 0 Å². The standard InChI is InChI=1S/C17H17FO4/c1-21-15-8-7-11(10-16(15)22-2)13(17(19)20)9-12-5-3-4-6-14(12)18/h3-8,10,13H,9H2,1-2H3,(H,19,20). The molecule has 4 nitrogen and oxygen atoms in total. The lowest BCUT2D eigenvalue weighted by molar-refractivity contribution is -0.138. The van der Waals surface area contributed by atoms with Gasteiger partial charge in [-0.15, -0.1) is 0 Å². The molecule has 22 heavy (non-hydrogen) atoms. The number of methoxy groups -OCH3 is 2. The number of ether oxygens (including phenoxy) is 2. The summed E-state index contributed by atoms with van der Waals surface area (Å²) in [5, 5.41) is 9.47. The quantitative estimate of drug-likeness (QED) is 0.890. The molecule has 0 saturated carbocycles. The molecule has 0 heterocycles. The molecule has 0 radical (unpaired) electrons. The second-order valence-corrected chi connectivity index (χ2v) is 4.80. The molecule has 2 aromatic rings. The first-order chi connectivity index (χ1) is 10.6. The van der Waals surface area contributed by atoms with Gasteiger partial charge in [-0.3, -0.25) is 4.79 Å². The Balaban J connectivity index is 2.36. The van der Waals surface area contributed by atoms with Gasteiger partial charge in [0.15, 0.2) is 11.5 Å². The lowest BCUT2D eigenvalue weighted by Gasteiger charge is -2.16. The van der Waals surface area contributed by atoms with Crippen molar-refractivity contribution in [2.75, 3.05) is 14.2 Å². The molecule has 0 bridgehead atoms. The molecule has 2 rings (SSSR count). The van der Waals surface area contributed by atoms with Crippen LogP contribution in [0.2, 0.25) is 0 Å².